The Labute approximate surface area is 200 Å². The van der Waals surface area contributed by atoms with Gasteiger partial charge >= 0.3 is 0 Å². The fourth-order valence-corrected chi connectivity index (χ4v) is 9.74. The number of nitrogens with zero attached hydrogens (tertiary/aromatic N) is 4. The quantitative estimate of drug-likeness (QED) is 0.238. The van der Waals surface area contributed by atoms with Crippen LogP contribution < -0.4 is 5.30 Å². The summed E-state index contributed by atoms with van der Waals surface area (Å²) >= 11 is 6.82. The minimum Gasteiger partial charge on any atom is -0.379 e. The third kappa shape index (κ3) is 4.23. The van der Waals surface area contributed by atoms with Crippen LogP contribution in [0.5, 0.6) is 0 Å². The summed E-state index contributed by atoms with van der Waals surface area (Å²) < 4.78 is 16.5. The lowest BCUT2D eigenvalue weighted by Gasteiger charge is -2.46. The van der Waals surface area contributed by atoms with E-state index in [4.69, 9.17) is 26.3 Å². The first-order valence-electron chi connectivity index (χ1n) is 11.5. The van der Waals surface area contributed by atoms with E-state index in [9.17, 15) is 0 Å². The molecule has 3 aromatic rings. The zero-order chi connectivity index (χ0) is 22.8. The van der Waals surface area contributed by atoms with Gasteiger partial charge in [0.2, 0.25) is 0 Å². The molecule has 2 aliphatic heterocycles. The number of fused-ring (bicyclic) bond motifs is 2. The number of rotatable bonds is 5. The summed E-state index contributed by atoms with van der Waals surface area (Å²) in [5.41, 5.74) is 1.00. The van der Waals surface area contributed by atoms with Gasteiger partial charge in [-0.1, -0.05) is 60.3 Å². The normalized spacial score (nSPS) is 19.0. The van der Waals surface area contributed by atoms with Crippen molar-refractivity contribution in [2.75, 3.05) is 66.7 Å². The van der Waals surface area contributed by atoms with Crippen molar-refractivity contribution in [3.8, 4) is 0 Å². The molecule has 5 rings (SSSR count). The predicted molar refractivity (Wildman–Crippen MR) is 142 cm³/mol. The summed E-state index contributed by atoms with van der Waals surface area (Å²) in [4.78, 5) is 6.90. The number of hydrogen-bond acceptors (Lipinski definition) is 4. The smallest absolute Gasteiger partial charge is 0.108 e. The van der Waals surface area contributed by atoms with Gasteiger partial charge < -0.3 is 14.4 Å². The van der Waals surface area contributed by atoms with E-state index in [0.29, 0.717) is 0 Å². The summed E-state index contributed by atoms with van der Waals surface area (Å²) in [5.74, 6) is 0. The summed E-state index contributed by atoms with van der Waals surface area (Å²) in [6.07, 6.45) is -0.411. The van der Waals surface area contributed by atoms with Crippen LogP contribution in [0.15, 0.2) is 53.5 Å². The summed E-state index contributed by atoms with van der Waals surface area (Å²) in [7, 11) is 4.00. The van der Waals surface area contributed by atoms with Crippen molar-refractivity contribution in [3.05, 3.63) is 48.5 Å². The van der Waals surface area contributed by atoms with Crippen molar-refractivity contribution in [1.29, 1.82) is 0 Å². The second-order valence-corrected chi connectivity index (χ2v) is 12.9. The molecule has 2 saturated heterocycles. The lowest BCUT2D eigenvalue weighted by molar-refractivity contribution is 0.0590. The number of morpholine rings is 2. The van der Waals surface area contributed by atoms with E-state index >= 15 is 0 Å². The van der Waals surface area contributed by atoms with Crippen molar-refractivity contribution in [2.45, 2.75) is 0 Å². The SMILES string of the molecule is CN(C)C=Nc1c2ccccc2c(P(=S)(N2CCOCC2)N2CCOCC2)c2ccccc12. The standard InChI is InChI=1S/C25H31N4O2PS/c1-27(2)19-26-24-20-7-3-5-9-22(20)25(23-10-6-4-8-21(23)24)32(33,28-11-15-30-16-12-28)29-13-17-31-18-14-29/h3-10,19H,11-18H2,1-2H3. The molecule has 0 atom stereocenters. The summed E-state index contributed by atoms with van der Waals surface area (Å²) in [5, 5.41) is 6.02. The Morgan fingerprint density at radius 1 is 0.788 bits per heavy atom. The lowest BCUT2D eigenvalue weighted by Crippen LogP contribution is -2.46. The molecular weight excluding hydrogens is 451 g/mol. The highest BCUT2D eigenvalue weighted by atomic mass is 32.4. The van der Waals surface area contributed by atoms with Crippen LogP contribution in [0.3, 0.4) is 0 Å². The maximum absolute atomic E-state index is 6.82. The maximum atomic E-state index is 6.82. The molecule has 0 saturated carbocycles. The van der Waals surface area contributed by atoms with Crippen molar-refractivity contribution in [3.63, 3.8) is 0 Å². The van der Waals surface area contributed by atoms with Gasteiger partial charge in [-0.15, -0.1) is 0 Å². The second kappa shape index (κ2) is 9.79. The van der Waals surface area contributed by atoms with E-state index in [2.05, 4.69) is 57.9 Å². The Morgan fingerprint density at radius 3 is 1.64 bits per heavy atom. The first-order valence-corrected chi connectivity index (χ1v) is 14.2. The Balaban J connectivity index is 1.85. The van der Waals surface area contributed by atoms with Crippen molar-refractivity contribution < 1.29 is 9.47 Å². The molecule has 3 aromatic carbocycles. The Hall–Kier alpha value is -1.86. The molecule has 33 heavy (non-hydrogen) atoms. The van der Waals surface area contributed by atoms with Crippen LogP contribution in [0.25, 0.3) is 21.5 Å². The van der Waals surface area contributed by atoms with Crippen LogP contribution in [0.4, 0.5) is 5.69 Å². The Kier molecular flexibility index (Phi) is 6.79. The van der Waals surface area contributed by atoms with E-state index < -0.39 is 6.34 Å². The van der Waals surface area contributed by atoms with E-state index in [1.807, 2.05) is 25.3 Å². The van der Waals surface area contributed by atoms with Gasteiger partial charge in [0.1, 0.15) is 6.34 Å². The highest BCUT2D eigenvalue weighted by Gasteiger charge is 2.38. The molecule has 0 bridgehead atoms. The van der Waals surface area contributed by atoms with E-state index in [1.54, 1.807) is 0 Å². The van der Waals surface area contributed by atoms with E-state index in [0.717, 1.165) is 69.1 Å². The fraction of sp³-hybridized carbons (Fsp3) is 0.400. The van der Waals surface area contributed by atoms with Crippen LogP contribution in [-0.2, 0) is 21.3 Å². The number of ether oxygens (including phenoxy) is 2. The minimum atomic E-state index is -2.29. The molecule has 0 amide bonds. The summed E-state index contributed by atoms with van der Waals surface area (Å²) in [6.45, 7) is 6.34. The number of benzene rings is 3. The van der Waals surface area contributed by atoms with Crippen LogP contribution in [0.1, 0.15) is 0 Å². The maximum Gasteiger partial charge on any atom is 0.108 e. The molecule has 2 heterocycles. The molecule has 0 N–H and O–H groups in total. The number of aliphatic imine (C=N–C) groups is 1. The van der Waals surface area contributed by atoms with Gasteiger partial charge in [0, 0.05) is 56.4 Å². The topological polar surface area (TPSA) is 40.5 Å². The second-order valence-electron chi connectivity index (χ2n) is 8.67. The van der Waals surface area contributed by atoms with E-state index in [-0.39, 0.29) is 0 Å². The van der Waals surface area contributed by atoms with E-state index in [1.165, 1.54) is 16.1 Å². The highest BCUT2D eigenvalue weighted by molar-refractivity contribution is 8.16. The van der Waals surface area contributed by atoms with Gasteiger partial charge in [-0.2, -0.15) is 0 Å². The predicted octanol–water partition coefficient (Wildman–Crippen LogP) is 3.81. The molecule has 0 spiro atoms. The summed E-state index contributed by atoms with van der Waals surface area (Å²) in [6, 6.07) is 17.3. The molecule has 8 heteroatoms. The molecule has 2 fully saturated rings. The average Bonchev–Trinajstić information content (AvgIpc) is 2.87. The van der Waals surface area contributed by atoms with Crippen LogP contribution in [-0.4, -0.2) is 87.3 Å². The molecule has 0 radical (unpaired) electrons. The molecule has 0 unspecified atom stereocenters. The highest BCUT2D eigenvalue weighted by Crippen LogP contribution is 2.56. The zero-order valence-electron chi connectivity index (χ0n) is 19.3. The molecule has 174 valence electrons. The first kappa shape index (κ1) is 22.9. The zero-order valence-corrected chi connectivity index (χ0v) is 21.0. The van der Waals surface area contributed by atoms with Gasteiger partial charge in [-0.3, -0.25) is 9.34 Å². The van der Waals surface area contributed by atoms with Crippen molar-refractivity contribution in [1.82, 2.24) is 14.2 Å². The lowest BCUT2D eigenvalue weighted by atomic mass is 10.0. The fourth-order valence-electron chi connectivity index (χ4n) is 4.82. The molecule has 0 aromatic heterocycles. The first-order chi connectivity index (χ1) is 16.1. The van der Waals surface area contributed by atoms with Crippen LogP contribution >= 0.6 is 6.34 Å². The number of hydrogen-bond donors (Lipinski definition) is 0. The van der Waals surface area contributed by atoms with Crippen molar-refractivity contribution >= 4 is 57.0 Å². The van der Waals surface area contributed by atoms with Gasteiger partial charge in [-0.25, -0.2) is 4.99 Å². The molecule has 2 aliphatic rings. The Morgan fingerprint density at radius 2 is 1.21 bits per heavy atom. The third-order valence-electron chi connectivity index (χ3n) is 6.33. The van der Waals surface area contributed by atoms with Gasteiger partial charge in [0.15, 0.2) is 0 Å². The Bertz CT molecular complexity index is 1140. The third-order valence-corrected chi connectivity index (χ3v) is 11.7. The van der Waals surface area contributed by atoms with Gasteiger partial charge in [0.05, 0.1) is 38.5 Å². The minimum absolute atomic E-state index is 0.726. The molecule has 0 aliphatic carbocycles. The molecular formula is C25H31N4O2PS. The van der Waals surface area contributed by atoms with Gasteiger partial charge in [-0.05, 0) is 10.8 Å². The van der Waals surface area contributed by atoms with Crippen LogP contribution in [0, 0.1) is 0 Å². The molecule has 6 nitrogen and oxygen atoms in total. The monoisotopic (exact) mass is 482 g/mol. The van der Waals surface area contributed by atoms with Gasteiger partial charge in [0.25, 0.3) is 0 Å². The largest absolute Gasteiger partial charge is 0.379 e. The average molecular weight is 483 g/mol. The van der Waals surface area contributed by atoms with Crippen LogP contribution in [0.2, 0.25) is 0 Å². The van der Waals surface area contributed by atoms with Crippen molar-refractivity contribution in [2.24, 2.45) is 4.99 Å².